The minimum Gasteiger partial charge on any atom is -0.356 e. The van der Waals surface area contributed by atoms with E-state index in [0.717, 1.165) is 6.92 Å². The second kappa shape index (κ2) is 10.9. The number of likely N-dealkylation sites (tertiary alicyclic amines) is 1. The molecule has 2 heterocycles. The zero-order valence-corrected chi connectivity index (χ0v) is 23.4. The van der Waals surface area contributed by atoms with Gasteiger partial charge in [-0.1, -0.05) is 46.2 Å². The molecule has 10 nitrogen and oxygen atoms in total. The van der Waals surface area contributed by atoms with Crippen molar-refractivity contribution < 1.29 is 32.8 Å². The lowest BCUT2D eigenvalue weighted by atomic mass is 9.80. The van der Waals surface area contributed by atoms with Gasteiger partial charge in [0.25, 0.3) is 23.4 Å². The van der Waals surface area contributed by atoms with Crippen LogP contribution in [-0.4, -0.2) is 83.0 Å². The number of nitrogens with one attached hydrogen (secondary N) is 3. The number of hydrazine groups is 1. The first-order valence-electron chi connectivity index (χ1n) is 13.0. The summed E-state index contributed by atoms with van der Waals surface area (Å²) in [7, 11) is 0. The molecule has 1 saturated carbocycles. The van der Waals surface area contributed by atoms with Crippen molar-refractivity contribution in [2.24, 2.45) is 28.6 Å². The number of hydrogen-bond donors (Lipinski definition) is 3. The molecule has 0 spiro atoms. The molecule has 0 unspecified atom stereocenters. The average molecular weight is 562 g/mol. The van der Waals surface area contributed by atoms with Crippen LogP contribution in [0.3, 0.4) is 0 Å². The zero-order chi connectivity index (χ0) is 28.7. The molecule has 1 aliphatic carbocycles. The quantitative estimate of drug-likeness (QED) is 0.289. The van der Waals surface area contributed by atoms with E-state index in [1.165, 1.54) is 4.90 Å². The Morgan fingerprint density at radius 3 is 2.39 bits per heavy atom. The Bertz CT molecular complexity index is 991. The number of amides is 5. The van der Waals surface area contributed by atoms with Gasteiger partial charge in [-0.3, -0.25) is 29.4 Å². The Hall–Kier alpha value is -2.50. The molecule has 3 aliphatic rings. The van der Waals surface area contributed by atoms with E-state index in [0.29, 0.717) is 24.4 Å². The lowest BCUT2D eigenvalue weighted by molar-refractivity contribution is -0.151. The first-order valence-corrected chi connectivity index (χ1v) is 13.4. The number of nitrogens with zero attached hydrogens (tertiary/aromatic N) is 2. The third kappa shape index (κ3) is 5.74. The van der Waals surface area contributed by atoms with Crippen molar-refractivity contribution in [3.8, 4) is 0 Å². The fourth-order valence-corrected chi connectivity index (χ4v) is 5.70. The minimum atomic E-state index is -2.45. The summed E-state index contributed by atoms with van der Waals surface area (Å²) < 4.78 is 27.5. The molecule has 3 rings (SSSR count). The number of rotatable bonds is 9. The highest BCUT2D eigenvalue weighted by Gasteiger charge is 2.70. The van der Waals surface area contributed by atoms with Crippen molar-refractivity contribution in [1.82, 2.24) is 26.0 Å². The highest BCUT2D eigenvalue weighted by Crippen LogP contribution is 2.65. The van der Waals surface area contributed by atoms with Crippen LogP contribution in [0.2, 0.25) is 0 Å². The number of carbonyl (C=O) groups excluding carboxylic acids is 5. The van der Waals surface area contributed by atoms with Gasteiger partial charge in [-0.2, -0.15) is 0 Å². The largest absolute Gasteiger partial charge is 0.356 e. The molecule has 0 bridgehead atoms. The number of piperidine rings is 1. The van der Waals surface area contributed by atoms with Crippen molar-refractivity contribution in [1.29, 1.82) is 0 Å². The predicted octanol–water partition coefficient (Wildman–Crippen LogP) is 1.28. The molecular formula is C25H38ClF2N5O5. The van der Waals surface area contributed by atoms with Crippen molar-refractivity contribution in [2.75, 3.05) is 19.6 Å². The van der Waals surface area contributed by atoms with Crippen LogP contribution in [0.4, 0.5) is 8.78 Å². The molecule has 38 heavy (non-hydrogen) atoms. The van der Waals surface area contributed by atoms with Crippen LogP contribution in [0.25, 0.3) is 0 Å². The minimum absolute atomic E-state index is 0.0184. The summed E-state index contributed by atoms with van der Waals surface area (Å²) in [6.07, 6.45) is -0.962. The monoisotopic (exact) mass is 561 g/mol. The van der Waals surface area contributed by atoms with Crippen LogP contribution in [0.15, 0.2) is 0 Å². The summed E-state index contributed by atoms with van der Waals surface area (Å²) in [4.78, 5) is 65.6. The first kappa shape index (κ1) is 30.0. The van der Waals surface area contributed by atoms with Crippen LogP contribution in [-0.2, 0) is 24.0 Å². The molecule has 2 aliphatic heterocycles. The fourth-order valence-electron chi connectivity index (χ4n) is 5.58. The second-order valence-electron chi connectivity index (χ2n) is 11.8. The van der Waals surface area contributed by atoms with Gasteiger partial charge in [0.2, 0.25) is 11.8 Å². The van der Waals surface area contributed by atoms with Gasteiger partial charge in [-0.25, -0.2) is 13.8 Å². The summed E-state index contributed by atoms with van der Waals surface area (Å²) >= 11 is 5.39. The molecule has 7 atom stereocenters. The zero-order valence-electron chi connectivity index (χ0n) is 22.6. The van der Waals surface area contributed by atoms with Crippen molar-refractivity contribution in [3.63, 3.8) is 0 Å². The Labute approximate surface area is 226 Å². The van der Waals surface area contributed by atoms with E-state index in [4.69, 9.17) is 11.6 Å². The van der Waals surface area contributed by atoms with Crippen LogP contribution in [0, 0.1) is 28.6 Å². The summed E-state index contributed by atoms with van der Waals surface area (Å²) in [6, 6.07) is -2.13. The van der Waals surface area contributed by atoms with Gasteiger partial charge in [0.15, 0.2) is 6.17 Å². The SMILES string of the molecule is CCC(C)(C)[C@H](NC(=O)[C@H](C)F)C(=O)N1C[C@H]2[C@@H]([C@H]1C(=O)NN(C[C@@H]1CCNC1=O)C(=O)[C@H](F)Cl)C2(C)C. The summed E-state index contributed by atoms with van der Waals surface area (Å²) in [6.45, 7) is 10.7. The van der Waals surface area contributed by atoms with E-state index in [9.17, 15) is 32.8 Å². The molecule has 214 valence electrons. The van der Waals surface area contributed by atoms with Gasteiger partial charge in [0, 0.05) is 13.1 Å². The van der Waals surface area contributed by atoms with Crippen molar-refractivity contribution in [2.45, 2.75) is 78.3 Å². The van der Waals surface area contributed by atoms with E-state index < -0.39 is 58.8 Å². The number of fused-ring (bicyclic) bond motifs is 1. The highest BCUT2D eigenvalue weighted by atomic mass is 35.5. The summed E-state index contributed by atoms with van der Waals surface area (Å²) in [5.74, 6) is -4.68. The van der Waals surface area contributed by atoms with Gasteiger partial charge < -0.3 is 15.5 Å². The van der Waals surface area contributed by atoms with Crippen LogP contribution >= 0.6 is 11.6 Å². The lowest BCUT2D eigenvalue weighted by Gasteiger charge is -2.39. The molecule has 2 saturated heterocycles. The lowest BCUT2D eigenvalue weighted by Crippen LogP contribution is -2.62. The van der Waals surface area contributed by atoms with Crippen LogP contribution < -0.4 is 16.1 Å². The predicted molar refractivity (Wildman–Crippen MR) is 135 cm³/mol. The molecule has 0 radical (unpaired) electrons. The maximum Gasteiger partial charge on any atom is 0.291 e. The van der Waals surface area contributed by atoms with E-state index in [-0.39, 0.29) is 36.2 Å². The highest BCUT2D eigenvalue weighted by molar-refractivity contribution is 6.29. The normalized spacial score (nSPS) is 28.0. The second-order valence-corrected chi connectivity index (χ2v) is 12.2. The molecule has 13 heteroatoms. The standard InChI is InChI=1S/C25H38ClF2N5O5/c1-7-24(3,4)17(30-19(34)12(2)27)22(37)32-11-14-15(25(14,5)6)16(32)21(36)31-33(23(38)18(26)28)10-13-8-9-29-20(13)35/h12-18H,7-11H2,1-6H3,(H,29,35)(H,30,34)(H,31,36)/t12-,13-,14-,15-,16-,17+,18-/m0/s1. The number of alkyl halides is 3. The van der Waals surface area contributed by atoms with Gasteiger partial charge in [-0.05, 0) is 42.4 Å². The van der Waals surface area contributed by atoms with Crippen molar-refractivity contribution >= 4 is 41.1 Å². The van der Waals surface area contributed by atoms with Gasteiger partial charge in [0.05, 0.1) is 12.5 Å². The van der Waals surface area contributed by atoms with Crippen molar-refractivity contribution in [3.05, 3.63) is 0 Å². The van der Waals surface area contributed by atoms with E-state index >= 15 is 0 Å². The third-order valence-electron chi connectivity index (χ3n) is 8.61. The van der Waals surface area contributed by atoms with Gasteiger partial charge in [0.1, 0.15) is 12.1 Å². The third-order valence-corrected chi connectivity index (χ3v) is 8.80. The molecule has 0 aromatic heterocycles. The molecule has 0 aromatic carbocycles. The Morgan fingerprint density at radius 1 is 1.26 bits per heavy atom. The average Bonchev–Trinajstić information content (AvgIpc) is 3.20. The van der Waals surface area contributed by atoms with Crippen LogP contribution in [0.1, 0.15) is 54.4 Å². The Balaban J connectivity index is 1.88. The molecule has 3 fully saturated rings. The molecule has 0 aromatic rings. The molecule has 3 N–H and O–H groups in total. The van der Waals surface area contributed by atoms with Gasteiger partial charge in [-0.15, -0.1) is 0 Å². The van der Waals surface area contributed by atoms with Gasteiger partial charge >= 0.3 is 0 Å². The smallest absolute Gasteiger partial charge is 0.291 e. The fraction of sp³-hybridized carbons (Fsp3) is 0.800. The van der Waals surface area contributed by atoms with E-state index in [1.54, 1.807) is 13.8 Å². The molecule has 5 amide bonds. The molecular weight excluding hydrogens is 524 g/mol. The Morgan fingerprint density at radius 2 is 1.89 bits per heavy atom. The maximum atomic E-state index is 13.8. The summed E-state index contributed by atoms with van der Waals surface area (Å²) in [5, 5.41) is 5.84. The number of halogens is 3. The maximum absolute atomic E-state index is 13.8. The summed E-state index contributed by atoms with van der Waals surface area (Å²) in [5.41, 5.74) is -1.07. The number of carbonyl (C=O) groups is 5. The number of hydrogen-bond acceptors (Lipinski definition) is 5. The first-order chi connectivity index (χ1) is 17.5. The van der Waals surface area contributed by atoms with E-state index in [2.05, 4.69) is 16.1 Å². The topological polar surface area (TPSA) is 128 Å². The Kier molecular flexibility index (Phi) is 8.65. The van der Waals surface area contributed by atoms with Crippen LogP contribution in [0.5, 0.6) is 0 Å². The van der Waals surface area contributed by atoms with E-state index in [1.807, 2.05) is 20.8 Å².